The first-order valence-electron chi connectivity index (χ1n) is 7.12. The Morgan fingerprint density at radius 3 is 2.87 bits per heavy atom. The molecule has 0 bridgehead atoms. The number of carbonyl (C=O) groups is 1. The molecule has 0 aromatic carbocycles. The molecule has 2 heterocycles. The molecule has 2 atom stereocenters. The minimum atomic E-state index is -3.35. The minimum Gasteiger partial charge on any atom is -0.481 e. The maximum Gasteiger partial charge on any atom is 0.251 e. The maximum atomic E-state index is 12.3. The van der Waals surface area contributed by atoms with Gasteiger partial charge in [-0.25, -0.2) is 17.7 Å². The zero-order valence-corrected chi connectivity index (χ0v) is 14.2. The van der Waals surface area contributed by atoms with E-state index in [1.54, 1.807) is 6.07 Å². The summed E-state index contributed by atoms with van der Waals surface area (Å²) in [5, 5.41) is 2.83. The van der Waals surface area contributed by atoms with E-state index in [1.165, 1.54) is 37.8 Å². The highest BCUT2D eigenvalue weighted by molar-refractivity contribution is 7.89. The molecular weight excluding hydrogens is 322 g/mol. The summed E-state index contributed by atoms with van der Waals surface area (Å²) < 4.78 is 35.5. The van der Waals surface area contributed by atoms with Crippen molar-refractivity contribution in [2.75, 3.05) is 40.2 Å². The lowest BCUT2D eigenvalue weighted by Gasteiger charge is -2.21. The predicted molar refractivity (Wildman–Crippen MR) is 83.8 cm³/mol. The van der Waals surface area contributed by atoms with Crippen LogP contribution in [0.3, 0.4) is 0 Å². The lowest BCUT2D eigenvalue weighted by molar-refractivity contribution is 0.0925. The normalized spacial score (nSPS) is 21.4. The van der Waals surface area contributed by atoms with Gasteiger partial charge in [0.05, 0.1) is 32.1 Å². The summed E-state index contributed by atoms with van der Waals surface area (Å²) in [4.78, 5) is 16.2. The van der Waals surface area contributed by atoms with E-state index >= 15 is 0 Å². The third-order valence-electron chi connectivity index (χ3n) is 3.70. The number of pyridine rings is 1. The lowest BCUT2D eigenvalue weighted by Crippen LogP contribution is -2.43. The Balaban J connectivity index is 2.04. The van der Waals surface area contributed by atoms with Crippen LogP contribution in [0.4, 0.5) is 0 Å². The molecule has 0 unspecified atom stereocenters. The predicted octanol–water partition coefficient (Wildman–Crippen LogP) is -0.274. The molecule has 0 aliphatic carbocycles. The standard InChI is InChI=1S/C14H21N3O5S/c1-17(2)23(19,20)9-11-7-22-8-12(11)16-14(18)10-4-5-15-13(6-10)21-3/h4-6,11-12H,7-9H2,1-3H3,(H,16,18)/t11-,12-/m0/s1. The first kappa shape index (κ1) is 17.6. The van der Waals surface area contributed by atoms with Crippen molar-refractivity contribution in [3.8, 4) is 5.88 Å². The van der Waals surface area contributed by atoms with E-state index in [-0.39, 0.29) is 23.6 Å². The van der Waals surface area contributed by atoms with E-state index in [2.05, 4.69) is 10.3 Å². The van der Waals surface area contributed by atoms with Crippen LogP contribution in [-0.2, 0) is 14.8 Å². The Hall–Kier alpha value is -1.71. The number of hydrogen-bond acceptors (Lipinski definition) is 6. The van der Waals surface area contributed by atoms with Gasteiger partial charge in [0, 0.05) is 37.8 Å². The Morgan fingerprint density at radius 1 is 1.48 bits per heavy atom. The second kappa shape index (κ2) is 7.24. The van der Waals surface area contributed by atoms with Gasteiger partial charge in [-0.3, -0.25) is 4.79 Å². The van der Waals surface area contributed by atoms with Gasteiger partial charge in [0.25, 0.3) is 5.91 Å². The number of methoxy groups -OCH3 is 1. The van der Waals surface area contributed by atoms with E-state index in [0.717, 1.165) is 0 Å². The van der Waals surface area contributed by atoms with Crippen LogP contribution in [0.1, 0.15) is 10.4 Å². The van der Waals surface area contributed by atoms with Crippen LogP contribution in [-0.4, -0.2) is 69.8 Å². The summed E-state index contributed by atoms with van der Waals surface area (Å²) in [6, 6.07) is 2.74. The monoisotopic (exact) mass is 343 g/mol. The van der Waals surface area contributed by atoms with Crippen LogP contribution in [0.25, 0.3) is 0 Å². The number of sulfonamides is 1. The van der Waals surface area contributed by atoms with Crippen molar-refractivity contribution in [2.24, 2.45) is 5.92 Å². The summed E-state index contributed by atoms with van der Waals surface area (Å²) in [5.41, 5.74) is 0.401. The van der Waals surface area contributed by atoms with Crippen LogP contribution in [0.15, 0.2) is 18.3 Å². The van der Waals surface area contributed by atoms with Gasteiger partial charge in [0.15, 0.2) is 0 Å². The van der Waals surface area contributed by atoms with Crippen LogP contribution in [0.5, 0.6) is 5.88 Å². The van der Waals surface area contributed by atoms with E-state index in [4.69, 9.17) is 9.47 Å². The smallest absolute Gasteiger partial charge is 0.251 e. The third-order valence-corrected chi connectivity index (χ3v) is 5.66. The first-order chi connectivity index (χ1) is 10.8. The number of hydrogen-bond donors (Lipinski definition) is 1. The van der Waals surface area contributed by atoms with Crippen molar-refractivity contribution in [1.29, 1.82) is 0 Å². The number of carbonyl (C=O) groups excluding carboxylic acids is 1. The molecule has 23 heavy (non-hydrogen) atoms. The molecule has 9 heteroatoms. The third kappa shape index (κ3) is 4.40. The lowest BCUT2D eigenvalue weighted by atomic mass is 10.1. The topological polar surface area (TPSA) is 97.8 Å². The Labute approximate surface area is 135 Å². The SMILES string of the molecule is COc1cc(C(=O)N[C@H]2COC[C@H]2CS(=O)(=O)N(C)C)ccn1. The van der Waals surface area contributed by atoms with E-state index in [1.807, 2.05) is 0 Å². The van der Waals surface area contributed by atoms with E-state index in [0.29, 0.717) is 24.7 Å². The Kier molecular flexibility index (Phi) is 5.55. The average Bonchev–Trinajstić information content (AvgIpc) is 2.93. The van der Waals surface area contributed by atoms with Gasteiger partial charge in [-0.05, 0) is 6.07 Å². The summed E-state index contributed by atoms with van der Waals surface area (Å²) in [6.07, 6.45) is 1.48. The van der Waals surface area contributed by atoms with Crippen molar-refractivity contribution < 1.29 is 22.7 Å². The van der Waals surface area contributed by atoms with Gasteiger partial charge < -0.3 is 14.8 Å². The molecule has 1 fully saturated rings. The molecule has 1 aromatic rings. The molecule has 8 nitrogen and oxygen atoms in total. The highest BCUT2D eigenvalue weighted by atomic mass is 32.2. The molecule has 0 radical (unpaired) electrons. The summed E-state index contributed by atoms with van der Waals surface area (Å²) in [7, 11) is 1.09. The number of nitrogens with zero attached hydrogens (tertiary/aromatic N) is 2. The number of ether oxygens (including phenoxy) is 2. The second-order valence-electron chi connectivity index (χ2n) is 5.53. The fourth-order valence-electron chi connectivity index (χ4n) is 2.26. The van der Waals surface area contributed by atoms with E-state index < -0.39 is 10.0 Å². The molecular formula is C14H21N3O5S. The summed E-state index contributed by atoms with van der Waals surface area (Å²) >= 11 is 0. The molecule has 1 N–H and O–H groups in total. The number of aromatic nitrogens is 1. The molecule has 1 aliphatic rings. The molecule has 1 aromatic heterocycles. The molecule has 1 amide bonds. The van der Waals surface area contributed by atoms with Crippen LogP contribution >= 0.6 is 0 Å². The van der Waals surface area contributed by atoms with Gasteiger partial charge >= 0.3 is 0 Å². The largest absolute Gasteiger partial charge is 0.481 e. The molecule has 0 saturated carbocycles. The van der Waals surface area contributed by atoms with Crippen LogP contribution < -0.4 is 10.1 Å². The van der Waals surface area contributed by atoms with Crippen LogP contribution in [0.2, 0.25) is 0 Å². The average molecular weight is 343 g/mol. The van der Waals surface area contributed by atoms with Gasteiger partial charge in [-0.15, -0.1) is 0 Å². The van der Waals surface area contributed by atoms with Crippen molar-refractivity contribution in [2.45, 2.75) is 6.04 Å². The number of rotatable bonds is 6. The minimum absolute atomic E-state index is 0.0649. The summed E-state index contributed by atoms with van der Waals surface area (Å²) in [6.45, 7) is 0.596. The van der Waals surface area contributed by atoms with Crippen molar-refractivity contribution >= 4 is 15.9 Å². The summed E-state index contributed by atoms with van der Waals surface area (Å²) in [5.74, 6) is -0.319. The van der Waals surface area contributed by atoms with Gasteiger partial charge in [-0.2, -0.15) is 0 Å². The Morgan fingerprint density at radius 2 is 2.22 bits per heavy atom. The highest BCUT2D eigenvalue weighted by Crippen LogP contribution is 2.18. The number of nitrogens with one attached hydrogen (secondary N) is 1. The fourth-order valence-corrected chi connectivity index (χ4v) is 3.42. The van der Waals surface area contributed by atoms with Gasteiger partial charge in [-0.1, -0.05) is 0 Å². The zero-order chi connectivity index (χ0) is 17.0. The quantitative estimate of drug-likeness (QED) is 0.763. The van der Waals surface area contributed by atoms with Crippen molar-refractivity contribution in [1.82, 2.24) is 14.6 Å². The molecule has 128 valence electrons. The Bertz CT molecular complexity index is 662. The van der Waals surface area contributed by atoms with Crippen molar-refractivity contribution in [3.05, 3.63) is 23.9 Å². The molecule has 2 rings (SSSR count). The maximum absolute atomic E-state index is 12.3. The number of amides is 1. The van der Waals surface area contributed by atoms with E-state index in [9.17, 15) is 13.2 Å². The van der Waals surface area contributed by atoms with Crippen molar-refractivity contribution in [3.63, 3.8) is 0 Å². The molecule has 1 aliphatic heterocycles. The molecule has 1 saturated heterocycles. The second-order valence-corrected chi connectivity index (χ2v) is 7.75. The molecule has 0 spiro atoms. The fraction of sp³-hybridized carbons (Fsp3) is 0.571. The van der Waals surface area contributed by atoms with Gasteiger partial charge in [0.2, 0.25) is 15.9 Å². The first-order valence-corrected chi connectivity index (χ1v) is 8.73. The van der Waals surface area contributed by atoms with Crippen LogP contribution in [0, 0.1) is 5.92 Å². The highest BCUT2D eigenvalue weighted by Gasteiger charge is 2.34. The van der Waals surface area contributed by atoms with Gasteiger partial charge in [0.1, 0.15) is 0 Å². The zero-order valence-electron chi connectivity index (χ0n) is 13.4.